The summed E-state index contributed by atoms with van der Waals surface area (Å²) < 4.78 is 51.6. The predicted molar refractivity (Wildman–Crippen MR) is 89.8 cm³/mol. The summed E-state index contributed by atoms with van der Waals surface area (Å²) in [5.74, 6) is 0. The molecule has 0 bridgehead atoms. The van der Waals surface area contributed by atoms with Crippen LogP contribution in [0.2, 0.25) is 0 Å². The fourth-order valence-electron chi connectivity index (χ4n) is 3.68. The van der Waals surface area contributed by atoms with Gasteiger partial charge in [-0.1, -0.05) is 12.1 Å². The molecule has 0 atom stereocenters. The Bertz CT molecular complexity index is 1000. The maximum absolute atomic E-state index is 12.8. The van der Waals surface area contributed by atoms with Crippen molar-refractivity contribution in [1.29, 1.82) is 0 Å². The first-order chi connectivity index (χ1) is 12.9. The number of aromatic nitrogens is 3. The quantitative estimate of drug-likeness (QED) is 0.690. The molecule has 0 N–H and O–H groups in total. The zero-order valence-corrected chi connectivity index (χ0v) is 14.4. The summed E-state index contributed by atoms with van der Waals surface area (Å²) in [4.78, 5) is 4.41. The SMILES string of the molecule is CC1OC(C2(c3ccnc4c(-c5ccc(C(F)(F)F)cc5)cnn34)CC2)O1. The molecule has 8 heteroatoms. The maximum atomic E-state index is 12.8. The number of benzene rings is 1. The second-order valence-electron chi connectivity index (χ2n) is 7.03. The largest absolute Gasteiger partial charge is 0.416 e. The first-order valence-electron chi connectivity index (χ1n) is 8.70. The van der Waals surface area contributed by atoms with E-state index in [-0.39, 0.29) is 18.0 Å². The topological polar surface area (TPSA) is 48.7 Å². The standard InChI is InChI=1S/C19H16F3N3O2/c1-11-26-17(27-11)18(7-8-18)15-6-9-23-16-14(10-24-25(15)16)12-2-4-13(5-3-12)19(20,21)22/h2-6,9-11,17H,7-8H2,1H3. The smallest absolute Gasteiger partial charge is 0.323 e. The van der Waals surface area contributed by atoms with Crippen LogP contribution in [0.25, 0.3) is 16.8 Å². The number of halogens is 3. The highest BCUT2D eigenvalue weighted by molar-refractivity contribution is 5.77. The third-order valence-electron chi connectivity index (χ3n) is 5.30. The number of hydrogen-bond donors (Lipinski definition) is 0. The molecule has 1 saturated heterocycles. The molecule has 1 aromatic carbocycles. The van der Waals surface area contributed by atoms with Crippen LogP contribution in [0.4, 0.5) is 13.2 Å². The first-order valence-corrected chi connectivity index (χ1v) is 8.70. The average molecular weight is 375 g/mol. The third-order valence-corrected chi connectivity index (χ3v) is 5.30. The fraction of sp³-hybridized carbons (Fsp3) is 0.368. The van der Waals surface area contributed by atoms with Crippen LogP contribution in [-0.2, 0) is 21.1 Å². The van der Waals surface area contributed by atoms with E-state index < -0.39 is 11.7 Å². The Kier molecular flexibility index (Phi) is 3.42. The van der Waals surface area contributed by atoms with Crippen molar-refractivity contribution in [1.82, 2.24) is 14.6 Å². The predicted octanol–water partition coefficient (Wildman–Crippen LogP) is 4.17. The lowest BCUT2D eigenvalue weighted by molar-refractivity contribution is -0.388. The molecule has 1 aliphatic carbocycles. The number of alkyl halides is 3. The van der Waals surface area contributed by atoms with Crippen molar-refractivity contribution in [2.45, 2.75) is 43.9 Å². The Morgan fingerprint density at radius 2 is 1.81 bits per heavy atom. The van der Waals surface area contributed by atoms with Crippen molar-refractivity contribution in [2.75, 3.05) is 0 Å². The Labute approximate surface area is 152 Å². The molecule has 2 aromatic heterocycles. The van der Waals surface area contributed by atoms with E-state index >= 15 is 0 Å². The Morgan fingerprint density at radius 1 is 1.11 bits per heavy atom. The van der Waals surface area contributed by atoms with E-state index in [1.807, 2.05) is 13.0 Å². The minimum absolute atomic E-state index is 0.204. The van der Waals surface area contributed by atoms with E-state index in [4.69, 9.17) is 9.47 Å². The van der Waals surface area contributed by atoms with Crippen molar-refractivity contribution in [2.24, 2.45) is 0 Å². The number of nitrogens with zero attached hydrogens (tertiary/aromatic N) is 3. The molecule has 0 radical (unpaired) electrons. The number of hydrogen-bond acceptors (Lipinski definition) is 4. The van der Waals surface area contributed by atoms with Gasteiger partial charge in [0.15, 0.2) is 18.2 Å². The molecule has 0 unspecified atom stereocenters. The number of ether oxygens (including phenoxy) is 2. The summed E-state index contributed by atoms with van der Waals surface area (Å²) in [5, 5.41) is 4.45. The third kappa shape index (κ3) is 2.55. The molecule has 27 heavy (non-hydrogen) atoms. The number of fused-ring (bicyclic) bond motifs is 1. The van der Waals surface area contributed by atoms with Gasteiger partial charge >= 0.3 is 6.18 Å². The molecule has 3 heterocycles. The molecule has 0 spiro atoms. The molecule has 1 saturated carbocycles. The van der Waals surface area contributed by atoms with Gasteiger partial charge < -0.3 is 9.47 Å². The summed E-state index contributed by atoms with van der Waals surface area (Å²) in [5.41, 5.74) is 1.95. The molecule has 2 fully saturated rings. The van der Waals surface area contributed by atoms with Gasteiger partial charge in [-0.3, -0.25) is 0 Å². The van der Waals surface area contributed by atoms with Crippen LogP contribution in [0.1, 0.15) is 31.0 Å². The molecule has 5 rings (SSSR count). The van der Waals surface area contributed by atoms with E-state index in [1.54, 1.807) is 16.9 Å². The molecule has 2 aliphatic rings. The van der Waals surface area contributed by atoms with Gasteiger partial charge in [-0.25, -0.2) is 9.50 Å². The lowest BCUT2D eigenvalue weighted by Crippen LogP contribution is -2.47. The first kappa shape index (κ1) is 16.7. The van der Waals surface area contributed by atoms with E-state index in [0.29, 0.717) is 16.8 Å². The summed E-state index contributed by atoms with van der Waals surface area (Å²) in [7, 11) is 0. The zero-order valence-electron chi connectivity index (χ0n) is 14.4. The van der Waals surface area contributed by atoms with Gasteiger partial charge in [0.05, 0.1) is 22.9 Å². The average Bonchev–Trinajstić information content (AvgIpc) is 3.29. The minimum atomic E-state index is -4.36. The summed E-state index contributed by atoms with van der Waals surface area (Å²) in [6, 6.07) is 6.94. The van der Waals surface area contributed by atoms with Crippen molar-refractivity contribution in [3.8, 4) is 11.1 Å². The van der Waals surface area contributed by atoms with Crippen LogP contribution in [0.15, 0.2) is 42.7 Å². The van der Waals surface area contributed by atoms with Gasteiger partial charge in [0.1, 0.15) is 0 Å². The summed E-state index contributed by atoms with van der Waals surface area (Å²) >= 11 is 0. The van der Waals surface area contributed by atoms with Gasteiger partial charge in [0.2, 0.25) is 0 Å². The normalized spacial score (nSPS) is 24.0. The molecule has 0 amide bonds. The fourth-order valence-corrected chi connectivity index (χ4v) is 3.68. The Morgan fingerprint density at radius 3 is 2.41 bits per heavy atom. The maximum Gasteiger partial charge on any atom is 0.416 e. The molecule has 3 aromatic rings. The van der Waals surface area contributed by atoms with Gasteiger partial charge in [-0.15, -0.1) is 0 Å². The Hall–Kier alpha value is -2.45. The van der Waals surface area contributed by atoms with E-state index in [2.05, 4.69) is 10.1 Å². The van der Waals surface area contributed by atoms with Crippen molar-refractivity contribution in [3.05, 3.63) is 54.0 Å². The minimum Gasteiger partial charge on any atom is -0.323 e. The number of rotatable bonds is 3. The summed E-state index contributed by atoms with van der Waals surface area (Å²) in [6.45, 7) is 1.85. The summed E-state index contributed by atoms with van der Waals surface area (Å²) in [6.07, 6.45) is 0.334. The van der Waals surface area contributed by atoms with Gasteiger partial charge in [0.25, 0.3) is 0 Å². The highest BCUT2D eigenvalue weighted by atomic mass is 19.4. The van der Waals surface area contributed by atoms with Gasteiger partial charge in [-0.05, 0) is 43.5 Å². The van der Waals surface area contributed by atoms with Crippen molar-refractivity contribution >= 4 is 5.65 Å². The van der Waals surface area contributed by atoms with Crippen LogP contribution in [0, 0.1) is 0 Å². The van der Waals surface area contributed by atoms with Crippen molar-refractivity contribution < 1.29 is 22.6 Å². The van der Waals surface area contributed by atoms with Crippen molar-refractivity contribution in [3.63, 3.8) is 0 Å². The lowest BCUT2D eigenvalue weighted by atomic mass is 10.00. The molecule has 5 nitrogen and oxygen atoms in total. The van der Waals surface area contributed by atoms with Crippen LogP contribution in [0.5, 0.6) is 0 Å². The lowest BCUT2D eigenvalue weighted by Gasteiger charge is -2.39. The van der Waals surface area contributed by atoms with Crippen LogP contribution in [0.3, 0.4) is 0 Å². The van der Waals surface area contributed by atoms with Crippen LogP contribution < -0.4 is 0 Å². The molecular formula is C19H16F3N3O2. The Balaban J connectivity index is 1.55. The molecule has 1 aliphatic heterocycles. The highest BCUT2D eigenvalue weighted by Gasteiger charge is 2.58. The van der Waals surface area contributed by atoms with Gasteiger partial charge in [0, 0.05) is 11.8 Å². The van der Waals surface area contributed by atoms with Crippen LogP contribution >= 0.6 is 0 Å². The highest BCUT2D eigenvalue weighted by Crippen LogP contribution is 2.55. The van der Waals surface area contributed by atoms with E-state index in [9.17, 15) is 13.2 Å². The molecule has 140 valence electrons. The van der Waals surface area contributed by atoms with Gasteiger partial charge in [-0.2, -0.15) is 18.3 Å². The van der Waals surface area contributed by atoms with E-state index in [0.717, 1.165) is 30.7 Å². The second kappa shape index (κ2) is 5.53. The molecular weight excluding hydrogens is 359 g/mol. The monoisotopic (exact) mass is 375 g/mol. The van der Waals surface area contributed by atoms with E-state index in [1.165, 1.54) is 12.1 Å². The van der Waals surface area contributed by atoms with Crippen LogP contribution in [-0.4, -0.2) is 27.2 Å². The second-order valence-corrected chi connectivity index (χ2v) is 7.03. The zero-order chi connectivity index (χ0) is 18.8.